The van der Waals surface area contributed by atoms with Crippen molar-refractivity contribution in [2.75, 3.05) is 42.3 Å². The van der Waals surface area contributed by atoms with Gasteiger partial charge in [0.25, 0.3) is 0 Å². The average molecular weight is 1500 g/mol. The first-order valence-corrected chi connectivity index (χ1v) is 35.6. The number of carbonyl (C=O) groups excluding carboxylic acids is 3. The molecule has 0 unspecified atom stereocenters. The molecule has 5 aromatic carbocycles. The maximum atomic E-state index is 13.9. The zero-order chi connectivity index (χ0) is 78.1. The van der Waals surface area contributed by atoms with E-state index in [1.807, 2.05) is 129 Å². The van der Waals surface area contributed by atoms with Gasteiger partial charge in [-0.15, -0.1) is 0 Å². The van der Waals surface area contributed by atoms with E-state index in [-0.39, 0.29) is 47.7 Å². The zero-order valence-corrected chi connectivity index (χ0v) is 61.5. The van der Waals surface area contributed by atoms with Crippen molar-refractivity contribution in [1.82, 2.24) is 63.0 Å². The van der Waals surface area contributed by atoms with Gasteiger partial charge in [0.05, 0.1) is 89.3 Å². The van der Waals surface area contributed by atoms with Crippen LogP contribution in [0, 0.1) is 51.0 Å². The molecule has 17 rings (SSSR count). The van der Waals surface area contributed by atoms with Crippen LogP contribution in [0.25, 0.3) is 118 Å². The summed E-state index contributed by atoms with van der Waals surface area (Å²) in [5.74, 6) is -1.35. The second-order valence-electron chi connectivity index (χ2n) is 26.6. The van der Waals surface area contributed by atoms with Crippen LogP contribution in [-0.2, 0) is 20.9 Å². The molecule has 0 saturated carbocycles. The number of imidazole rings is 3. The summed E-state index contributed by atoms with van der Waals surface area (Å²) in [6, 6.07) is 44.5. The van der Waals surface area contributed by atoms with Crippen molar-refractivity contribution >= 4 is 62.9 Å². The van der Waals surface area contributed by atoms with Crippen LogP contribution >= 0.6 is 0 Å². The number of urea groups is 1. The van der Waals surface area contributed by atoms with Crippen LogP contribution in [0.5, 0.6) is 0 Å². The highest BCUT2D eigenvalue weighted by atomic mass is 19.1. The van der Waals surface area contributed by atoms with Gasteiger partial charge in [-0.2, -0.15) is 0 Å². The number of anilines is 3. The number of morpholine rings is 1. The van der Waals surface area contributed by atoms with Crippen molar-refractivity contribution in [2.24, 2.45) is 0 Å². The number of carbonyl (C=O) groups is 3. The van der Waals surface area contributed by atoms with Gasteiger partial charge in [-0.3, -0.25) is 39.5 Å². The lowest BCUT2D eigenvalue weighted by atomic mass is 9.96. The third kappa shape index (κ3) is 17.1. The molecule has 1 saturated heterocycles. The van der Waals surface area contributed by atoms with Crippen LogP contribution < -0.4 is 16.0 Å². The number of aliphatic hydroxyl groups is 1. The maximum Gasteiger partial charge on any atom is 0.322 e. The molecule has 4 amide bonds. The minimum atomic E-state index is -0.260. The summed E-state index contributed by atoms with van der Waals surface area (Å²) in [5.41, 5.74) is 21.9. The number of ether oxygens (including phenoxy) is 1. The zero-order valence-electron chi connectivity index (χ0n) is 61.5. The first-order valence-electron chi connectivity index (χ1n) is 35.6. The van der Waals surface area contributed by atoms with E-state index in [1.165, 1.54) is 38.1 Å². The second kappa shape index (κ2) is 33.2. The monoisotopic (exact) mass is 1500 g/mol. The van der Waals surface area contributed by atoms with Gasteiger partial charge in [-0.1, -0.05) is 6.07 Å². The molecular formula is C87H72F4N16O5. The summed E-state index contributed by atoms with van der Waals surface area (Å²) in [6.45, 7) is 11.9. The Morgan fingerprint density at radius 3 is 1.11 bits per heavy atom. The van der Waals surface area contributed by atoms with E-state index >= 15 is 0 Å². The minimum absolute atomic E-state index is 0.101. The third-order valence-electron chi connectivity index (χ3n) is 18.6. The van der Waals surface area contributed by atoms with Gasteiger partial charge < -0.3 is 43.9 Å². The molecule has 16 aromatic rings. The van der Waals surface area contributed by atoms with E-state index in [0.717, 1.165) is 100 Å². The Kier molecular flexibility index (Phi) is 22.2. The van der Waals surface area contributed by atoms with Gasteiger partial charge in [0, 0.05) is 162 Å². The Labute approximate surface area is 640 Å². The SMILES string of the molecule is CC(=O)Nc1cnc(-c2ccc(F)c(C)c2)c(-c2ccc3nccn3c2)c1.CC(=O)Nc1cnc(-c2ccc(F)c(C)c2)c(-c2ccc3nccn3c2)c1.Cc1cc(-c2ncc(CO)cc2-c2ccc3nccnc3c2)ccc1F.Cc1cc(-c2ncc(NC(=O)N3CCOCC3)cc2-c2ccc3nccn3c2)ccc1F. The highest BCUT2D eigenvalue weighted by molar-refractivity contribution is 5.95. The highest BCUT2D eigenvalue weighted by Crippen LogP contribution is 2.39. The lowest BCUT2D eigenvalue weighted by Gasteiger charge is -2.27. The summed E-state index contributed by atoms with van der Waals surface area (Å²) < 4.78 is 66.0. The van der Waals surface area contributed by atoms with Crippen molar-refractivity contribution in [2.45, 2.75) is 48.1 Å². The highest BCUT2D eigenvalue weighted by Gasteiger charge is 2.22. The molecule has 0 spiro atoms. The predicted molar refractivity (Wildman–Crippen MR) is 425 cm³/mol. The number of aromatic nitrogens is 12. The molecule has 1 fully saturated rings. The number of hydrogen-bond donors (Lipinski definition) is 4. The van der Waals surface area contributed by atoms with Crippen molar-refractivity contribution < 1.29 is 41.8 Å². The summed E-state index contributed by atoms with van der Waals surface area (Å²) in [5, 5.41) is 18.0. The molecule has 1 aliphatic heterocycles. The van der Waals surface area contributed by atoms with Crippen LogP contribution in [-0.4, -0.2) is 112 Å². The maximum absolute atomic E-state index is 13.9. The Morgan fingerprint density at radius 1 is 0.384 bits per heavy atom. The molecule has 0 aliphatic carbocycles. The number of halogens is 4. The largest absolute Gasteiger partial charge is 0.392 e. The van der Waals surface area contributed by atoms with Crippen molar-refractivity contribution in [3.63, 3.8) is 0 Å². The van der Waals surface area contributed by atoms with Gasteiger partial charge in [0.2, 0.25) is 11.8 Å². The second-order valence-corrected chi connectivity index (χ2v) is 26.6. The van der Waals surface area contributed by atoms with Crippen molar-refractivity contribution in [1.29, 1.82) is 0 Å². The van der Waals surface area contributed by atoms with E-state index < -0.39 is 0 Å². The molecule has 1 aliphatic rings. The van der Waals surface area contributed by atoms with Gasteiger partial charge in [-0.05, 0) is 207 Å². The van der Waals surface area contributed by atoms with Crippen LogP contribution in [0.3, 0.4) is 0 Å². The number of hydrogen-bond acceptors (Lipinski definition) is 14. The Morgan fingerprint density at radius 2 is 0.732 bits per heavy atom. The van der Waals surface area contributed by atoms with Crippen molar-refractivity contribution in [3.8, 4) is 89.5 Å². The first kappa shape index (κ1) is 74.8. The van der Waals surface area contributed by atoms with Crippen LogP contribution in [0.4, 0.5) is 39.4 Å². The number of pyridine rings is 7. The topological polar surface area (TPSA) is 249 Å². The average Bonchev–Trinajstić information content (AvgIpc) is 1.17. The van der Waals surface area contributed by atoms with E-state index in [4.69, 9.17) is 4.74 Å². The van der Waals surface area contributed by atoms with Crippen LogP contribution in [0.15, 0.2) is 245 Å². The smallest absolute Gasteiger partial charge is 0.322 e. The lowest BCUT2D eigenvalue weighted by Crippen LogP contribution is -2.43. The molecule has 21 nitrogen and oxygen atoms in total. The van der Waals surface area contributed by atoms with Gasteiger partial charge in [0.1, 0.15) is 40.2 Å². The molecule has 4 N–H and O–H groups in total. The molecule has 25 heteroatoms. The molecule has 0 radical (unpaired) electrons. The number of aryl methyl sites for hydroxylation is 4. The predicted octanol–water partition coefficient (Wildman–Crippen LogP) is 17.6. The number of nitrogens with zero attached hydrogens (tertiary/aromatic N) is 13. The summed E-state index contributed by atoms with van der Waals surface area (Å²) >= 11 is 0. The number of fused-ring (bicyclic) bond motifs is 4. The Hall–Kier alpha value is -14.0. The van der Waals surface area contributed by atoms with E-state index in [9.17, 15) is 37.1 Å². The number of rotatable bonds is 12. The Balaban J connectivity index is 0.000000124. The van der Waals surface area contributed by atoms with Crippen LogP contribution in [0.2, 0.25) is 0 Å². The lowest BCUT2D eigenvalue weighted by molar-refractivity contribution is -0.115. The summed E-state index contributed by atoms with van der Waals surface area (Å²) in [4.78, 5) is 77.0. The number of nitrogens with one attached hydrogen (secondary N) is 3. The molecule has 0 bridgehead atoms. The first-order chi connectivity index (χ1) is 54.2. The summed E-state index contributed by atoms with van der Waals surface area (Å²) in [7, 11) is 0. The quantitative estimate of drug-likeness (QED) is 0.0831. The number of aliphatic hydroxyl groups excluding tert-OH is 1. The van der Waals surface area contributed by atoms with Gasteiger partial charge in [-0.25, -0.2) is 37.3 Å². The number of amides is 4. The standard InChI is InChI=1S/C24H22FN5O2.2C21H17FN4O.C21H16FN3O/c1-16-12-17(2-4-21(16)25)23-20(18-3-5-22-26-6-7-30(22)15-18)13-19(14-27-23)28-24(31)29-8-10-32-11-9-29;2*1-13-9-15(3-5-19(13)22)21-18(10-17(11-24-21)25-14(2)27)16-4-6-20-23-7-8-26(20)12-16;1-13-8-16(2-4-18(13)22)21-17(9-14(12-26)11-25-21)15-3-5-19-20(10-15)24-7-6-23-19/h2-7,12-15H,8-11H2,1H3,(H,28,31);2*3-12H,1-2H3,(H,25,27);2-11,26H,12H2,1H3. The molecule has 12 heterocycles. The number of benzene rings is 5. The normalized spacial score (nSPS) is 11.8. The van der Waals surface area contributed by atoms with Crippen molar-refractivity contribution in [3.05, 3.63) is 296 Å². The molecule has 0 atom stereocenters. The molecular weight excluding hydrogens is 1430 g/mol. The van der Waals surface area contributed by atoms with E-state index in [1.54, 1.807) is 137 Å². The fourth-order valence-electron chi connectivity index (χ4n) is 12.9. The van der Waals surface area contributed by atoms with Gasteiger partial charge >= 0.3 is 6.03 Å². The fraction of sp³-hybridized carbons (Fsp3) is 0.126. The molecule has 11 aromatic heterocycles. The Bertz CT molecular complexity index is 6050. The van der Waals surface area contributed by atoms with Gasteiger partial charge in [0.15, 0.2) is 0 Å². The van der Waals surface area contributed by atoms with E-state index in [0.29, 0.717) is 88.3 Å². The van der Waals surface area contributed by atoms with E-state index in [2.05, 4.69) is 60.8 Å². The fourth-order valence-corrected chi connectivity index (χ4v) is 12.9. The summed E-state index contributed by atoms with van der Waals surface area (Å²) in [6.07, 6.45) is 26.5. The minimum Gasteiger partial charge on any atom is -0.392 e. The molecule has 112 heavy (non-hydrogen) atoms. The third-order valence-corrected chi connectivity index (χ3v) is 18.6. The van der Waals surface area contributed by atoms with Crippen LogP contribution in [0.1, 0.15) is 41.7 Å². The molecule has 558 valence electrons.